The highest BCUT2D eigenvalue weighted by Gasteiger charge is 1.98. The maximum absolute atomic E-state index is 5.72. The largest absolute Gasteiger partial charge is 0.328 e. The van der Waals surface area contributed by atoms with Gasteiger partial charge in [-0.3, -0.25) is 0 Å². The smallest absolute Gasteiger partial charge is 0.129 e. The third kappa shape index (κ3) is 3.20. The monoisotopic (exact) mass is 184 g/mol. The second-order valence-corrected chi connectivity index (χ2v) is 3.35. The minimum atomic E-state index is 0.228. The molecule has 1 atom stereocenters. The van der Waals surface area contributed by atoms with E-state index >= 15 is 0 Å². The standard InChI is InChI=1S/C9H13ClN2/c1-7(11)5-6-8-3-2-4-9(10)12-8/h2-4,7H,5-6,11H2,1H3/t7-/m1/s1. The van der Waals surface area contributed by atoms with E-state index in [4.69, 9.17) is 17.3 Å². The maximum atomic E-state index is 5.72. The van der Waals surface area contributed by atoms with Gasteiger partial charge in [-0.15, -0.1) is 0 Å². The molecule has 0 radical (unpaired) electrons. The molecule has 0 spiro atoms. The lowest BCUT2D eigenvalue weighted by Crippen LogP contribution is -2.15. The highest BCUT2D eigenvalue weighted by Crippen LogP contribution is 2.07. The van der Waals surface area contributed by atoms with Crippen LogP contribution in [0, 0.1) is 0 Å². The number of nitrogens with zero attached hydrogens (tertiary/aromatic N) is 1. The van der Waals surface area contributed by atoms with E-state index in [2.05, 4.69) is 4.98 Å². The molecule has 0 aliphatic carbocycles. The zero-order chi connectivity index (χ0) is 8.97. The predicted molar refractivity (Wildman–Crippen MR) is 51.2 cm³/mol. The first-order valence-electron chi connectivity index (χ1n) is 4.05. The molecule has 0 fully saturated rings. The summed E-state index contributed by atoms with van der Waals surface area (Å²) in [5.74, 6) is 0. The molecule has 0 aliphatic rings. The fourth-order valence-corrected chi connectivity index (χ4v) is 1.15. The fourth-order valence-electron chi connectivity index (χ4n) is 0.965. The molecule has 0 aromatic carbocycles. The van der Waals surface area contributed by atoms with E-state index in [1.807, 2.05) is 19.1 Å². The van der Waals surface area contributed by atoms with Crippen molar-refractivity contribution < 1.29 is 0 Å². The van der Waals surface area contributed by atoms with Crippen molar-refractivity contribution in [3.63, 3.8) is 0 Å². The van der Waals surface area contributed by atoms with Crippen molar-refractivity contribution in [3.8, 4) is 0 Å². The summed E-state index contributed by atoms with van der Waals surface area (Å²) in [6.07, 6.45) is 1.85. The third-order valence-corrected chi connectivity index (χ3v) is 1.84. The molecule has 0 amide bonds. The molecule has 0 unspecified atom stereocenters. The molecule has 0 saturated heterocycles. The van der Waals surface area contributed by atoms with Gasteiger partial charge >= 0.3 is 0 Å². The van der Waals surface area contributed by atoms with E-state index in [0.717, 1.165) is 18.5 Å². The Morgan fingerprint density at radius 2 is 2.33 bits per heavy atom. The normalized spacial score (nSPS) is 12.9. The fraction of sp³-hybridized carbons (Fsp3) is 0.444. The van der Waals surface area contributed by atoms with Gasteiger partial charge in [-0.1, -0.05) is 17.7 Å². The molecule has 1 aromatic heterocycles. The van der Waals surface area contributed by atoms with Crippen LogP contribution in [-0.4, -0.2) is 11.0 Å². The van der Waals surface area contributed by atoms with Crippen molar-refractivity contribution in [1.29, 1.82) is 0 Å². The van der Waals surface area contributed by atoms with Gasteiger partial charge in [-0.05, 0) is 31.9 Å². The molecule has 1 rings (SSSR count). The van der Waals surface area contributed by atoms with Crippen LogP contribution >= 0.6 is 11.6 Å². The van der Waals surface area contributed by atoms with Crippen molar-refractivity contribution in [2.75, 3.05) is 0 Å². The van der Waals surface area contributed by atoms with Crippen LogP contribution < -0.4 is 5.73 Å². The number of aromatic nitrogens is 1. The van der Waals surface area contributed by atoms with E-state index in [9.17, 15) is 0 Å². The van der Waals surface area contributed by atoms with E-state index in [1.165, 1.54) is 0 Å². The number of pyridine rings is 1. The molecule has 12 heavy (non-hydrogen) atoms. The second-order valence-electron chi connectivity index (χ2n) is 2.97. The lowest BCUT2D eigenvalue weighted by molar-refractivity contribution is 0.658. The second kappa shape index (κ2) is 4.43. The molecule has 66 valence electrons. The Morgan fingerprint density at radius 3 is 2.92 bits per heavy atom. The Morgan fingerprint density at radius 1 is 1.58 bits per heavy atom. The summed E-state index contributed by atoms with van der Waals surface area (Å²) >= 11 is 5.72. The number of hydrogen-bond donors (Lipinski definition) is 1. The van der Waals surface area contributed by atoms with Gasteiger partial charge in [0.2, 0.25) is 0 Å². The molecule has 3 heteroatoms. The van der Waals surface area contributed by atoms with Crippen LogP contribution in [0.4, 0.5) is 0 Å². The Kier molecular flexibility index (Phi) is 3.50. The average molecular weight is 185 g/mol. The maximum Gasteiger partial charge on any atom is 0.129 e. The van der Waals surface area contributed by atoms with Crippen LogP contribution in [0.1, 0.15) is 19.0 Å². The molecule has 1 aromatic rings. The van der Waals surface area contributed by atoms with Crippen molar-refractivity contribution in [2.45, 2.75) is 25.8 Å². The van der Waals surface area contributed by atoms with E-state index in [-0.39, 0.29) is 6.04 Å². The number of halogens is 1. The van der Waals surface area contributed by atoms with Gasteiger partial charge in [0.1, 0.15) is 5.15 Å². The molecular formula is C9H13ClN2. The summed E-state index contributed by atoms with van der Waals surface area (Å²) < 4.78 is 0. The van der Waals surface area contributed by atoms with Crippen molar-refractivity contribution in [1.82, 2.24) is 4.98 Å². The number of nitrogens with two attached hydrogens (primary N) is 1. The van der Waals surface area contributed by atoms with Gasteiger partial charge in [-0.25, -0.2) is 4.98 Å². The van der Waals surface area contributed by atoms with Crippen molar-refractivity contribution in [3.05, 3.63) is 29.0 Å². The summed E-state index contributed by atoms with van der Waals surface area (Å²) in [4.78, 5) is 4.16. The van der Waals surface area contributed by atoms with Crippen molar-refractivity contribution >= 4 is 11.6 Å². The number of rotatable bonds is 3. The zero-order valence-electron chi connectivity index (χ0n) is 7.13. The number of aryl methyl sites for hydroxylation is 1. The van der Waals surface area contributed by atoms with Gasteiger partial charge in [0.15, 0.2) is 0 Å². The van der Waals surface area contributed by atoms with Gasteiger partial charge in [0.05, 0.1) is 0 Å². The predicted octanol–water partition coefficient (Wildman–Crippen LogP) is 2.01. The van der Waals surface area contributed by atoms with Crippen LogP contribution in [0.15, 0.2) is 18.2 Å². The van der Waals surface area contributed by atoms with E-state index < -0.39 is 0 Å². The van der Waals surface area contributed by atoms with Crippen LogP contribution in [0.3, 0.4) is 0 Å². The first kappa shape index (κ1) is 9.49. The summed E-state index contributed by atoms with van der Waals surface area (Å²) in [7, 11) is 0. The van der Waals surface area contributed by atoms with Gasteiger partial charge in [-0.2, -0.15) is 0 Å². The Bertz CT molecular complexity index is 248. The summed E-state index contributed by atoms with van der Waals surface area (Å²) in [6.45, 7) is 1.99. The third-order valence-electron chi connectivity index (χ3n) is 1.63. The van der Waals surface area contributed by atoms with Crippen LogP contribution in [0.25, 0.3) is 0 Å². The minimum Gasteiger partial charge on any atom is -0.328 e. The molecular weight excluding hydrogens is 172 g/mol. The highest BCUT2D eigenvalue weighted by molar-refractivity contribution is 6.29. The quantitative estimate of drug-likeness (QED) is 0.730. The lowest BCUT2D eigenvalue weighted by atomic mass is 10.1. The summed E-state index contributed by atoms with van der Waals surface area (Å²) in [5.41, 5.74) is 6.63. The zero-order valence-corrected chi connectivity index (χ0v) is 7.88. The number of hydrogen-bond acceptors (Lipinski definition) is 2. The minimum absolute atomic E-state index is 0.228. The van der Waals surface area contributed by atoms with Crippen LogP contribution in [0.5, 0.6) is 0 Å². The Balaban J connectivity index is 2.52. The summed E-state index contributed by atoms with van der Waals surface area (Å²) in [6, 6.07) is 5.88. The molecule has 0 aliphatic heterocycles. The highest BCUT2D eigenvalue weighted by atomic mass is 35.5. The molecule has 0 bridgehead atoms. The first-order chi connectivity index (χ1) is 5.68. The SMILES string of the molecule is C[C@@H](N)CCc1cccc(Cl)n1. The van der Waals surface area contributed by atoms with E-state index in [0.29, 0.717) is 5.15 Å². The molecule has 2 nitrogen and oxygen atoms in total. The first-order valence-corrected chi connectivity index (χ1v) is 4.43. The molecule has 1 heterocycles. The van der Waals surface area contributed by atoms with Crippen LogP contribution in [-0.2, 0) is 6.42 Å². The Labute approximate surface area is 77.8 Å². The topological polar surface area (TPSA) is 38.9 Å². The van der Waals surface area contributed by atoms with Gasteiger partial charge in [0, 0.05) is 11.7 Å². The lowest BCUT2D eigenvalue weighted by Gasteiger charge is -2.03. The van der Waals surface area contributed by atoms with Gasteiger partial charge < -0.3 is 5.73 Å². The van der Waals surface area contributed by atoms with Crippen LogP contribution in [0.2, 0.25) is 5.15 Å². The summed E-state index contributed by atoms with van der Waals surface area (Å²) in [5, 5.41) is 0.553. The Hall–Kier alpha value is -0.600. The van der Waals surface area contributed by atoms with E-state index in [1.54, 1.807) is 6.07 Å². The average Bonchev–Trinajstić information content (AvgIpc) is 2.01. The van der Waals surface area contributed by atoms with Gasteiger partial charge in [0.25, 0.3) is 0 Å². The van der Waals surface area contributed by atoms with Crippen molar-refractivity contribution in [2.24, 2.45) is 5.73 Å². The molecule has 2 N–H and O–H groups in total. The molecule has 0 saturated carbocycles.